The highest BCUT2D eigenvalue weighted by Crippen LogP contribution is 2.27. The van der Waals surface area contributed by atoms with E-state index < -0.39 is 11.1 Å². The van der Waals surface area contributed by atoms with Crippen molar-refractivity contribution in [3.8, 4) is 0 Å². The van der Waals surface area contributed by atoms with E-state index in [2.05, 4.69) is 5.32 Å². The maximum absolute atomic E-state index is 10.8. The van der Waals surface area contributed by atoms with Gasteiger partial charge in [-0.25, -0.2) is 0 Å². The van der Waals surface area contributed by atoms with Gasteiger partial charge in [-0.1, -0.05) is 0 Å². The second-order valence-electron chi connectivity index (χ2n) is 3.95. The molecule has 2 aromatic carbocycles. The van der Waals surface area contributed by atoms with Gasteiger partial charge in [0.15, 0.2) is 0 Å². The summed E-state index contributed by atoms with van der Waals surface area (Å²) < 4.78 is 21.6. The van der Waals surface area contributed by atoms with Gasteiger partial charge in [-0.2, -0.15) is 0 Å². The molecule has 0 bridgehead atoms. The molecule has 1 atom stereocenters. The van der Waals surface area contributed by atoms with Gasteiger partial charge in [-0.05, 0) is 47.5 Å². The van der Waals surface area contributed by atoms with Gasteiger partial charge < -0.3 is 27.1 Å². The SMILES string of the molecule is Nc1ccc(Nc2ccc(S(=O)[O-])cc2N)cc1N. The Morgan fingerprint density at radius 3 is 2.26 bits per heavy atom. The number of hydrogen-bond acceptors (Lipinski definition) is 6. The Morgan fingerprint density at radius 2 is 1.68 bits per heavy atom. The molecule has 0 aliphatic carbocycles. The van der Waals surface area contributed by atoms with E-state index in [0.717, 1.165) is 5.69 Å². The zero-order valence-electron chi connectivity index (χ0n) is 9.92. The lowest BCUT2D eigenvalue weighted by atomic mass is 10.2. The van der Waals surface area contributed by atoms with Crippen molar-refractivity contribution in [2.45, 2.75) is 4.90 Å². The zero-order valence-corrected chi connectivity index (χ0v) is 10.7. The van der Waals surface area contributed by atoms with Crippen LogP contribution in [-0.2, 0) is 11.1 Å². The minimum atomic E-state index is -2.30. The van der Waals surface area contributed by atoms with E-state index in [1.54, 1.807) is 24.3 Å². The molecule has 2 rings (SSSR count). The highest BCUT2D eigenvalue weighted by atomic mass is 32.2. The first kappa shape index (κ1) is 13.2. The number of nitrogens with one attached hydrogen (secondary N) is 1. The van der Waals surface area contributed by atoms with Crippen molar-refractivity contribution in [2.24, 2.45) is 0 Å². The predicted molar refractivity (Wildman–Crippen MR) is 76.6 cm³/mol. The minimum Gasteiger partial charge on any atom is -0.768 e. The first-order chi connectivity index (χ1) is 8.97. The largest absolute Gasteiger partial charge is 0.768 e. The third-order valence-electron chi connectivity index (χ3n) is 2.58. The molecule has 7 N–H and O–H groups in total. The summed E-state index contributed by atoms with van der Waals surface area (Å²) in [4.78, 5) is 0.139. The molecular weight excluding hydrogens is 264 g/mol. The Kier molecular flexibility index (Phi) is 3.59. The molecule has 0 aliphatic rings. The summed E-state index contributed by atoms with van der Waals surface area (Å²) in [7, 11) is 0. The van der Waals surface area contributed by atoms with Crippen LogP contribution in [0.1, 0.15) is 0 Å². The fraction of sp³-hybridized carbons (Fsp3) is 0. The summed E-state index contributed by atoms with van der Waals surface area (Å²) in [5.41, 5.74) is 19.7. The summed E-state index contributed by atoms with van der Waals surface area (Å²) in [5, 5.41) is 3.04. The molecule has 1 unspecified atom stereocenters. The quantitative estimate of drug-likeness (QED) is 0.495. The highest BCUT2D eigenvalue weighted by molar-refractivity contribution is 7.79. The van der Waals surface area contributed by atoms with Crippen LogP contribution in [0.4, 0.5) is 28.4 Å². The Hall–Kier alpha value is -2.25. The van der Waals surface area contributed by atoms with Gasteiger partial charge in [0.1, 0.15) is 0 Å². The van der Waals surface area contributed by atoms with Crippen molar-refractivity contribution < 1.29 is 8.76 Å². The lowest BCUT2D eigenvalue weighted by Crippen LogP contribution is -2.00. The molecule has 0 heterocycles. The molecule has 2 aromatic rings. The van der Waals surface area contributed by atoms with Crippen molar-refractivity contribution in [1.29, 1.82) is 0 Å². The molecule has 6 nitrogen and oxygen atoms in total. The molecule has 0 amide bonds. The Labute approximate surface area is 112 Å². The first-order valence-electron chi connectivity index (χ1n) is 5.38. The van der Waals surface area contributed by atoms with Gasteiger partial charge in [-0.3, -0.25) is 4.21 Å². The van der Waals surface area contributed by atoms with Crippen LogP contribution in [-0.4, -0.2) is 8.76 Å². The van der Waals surface area contributed by atoms with Crippen LogP contribution in [0.25, 0.3) is 0 Å². The van der Waals surface area contributed by atoms with E-state index in [0.29, 0.717) is 22.7 Å². The predicted octanol–water partition coefficient (Wildman–Crippen LogP) is 1.41. The molecule has 0 spiro atoms. The van der Waals surface area contributed by atoms with Crippen molar-refractivity contribution in [3.05, 3.63) is 36.4 Å². The zero-order chi connectivity index (χ0) is 14.0. The van der Waals surface area contributed by atoms with Crippen LogP contribution in [0.15, 0.2) is 41.3 Å². The van der Waals surface area contributed by atoms with Gasteiger partial charge in [0.05, 0.1) is 22.7 Å². The van der Waals surface area contributed by atoms with Crippen LogP contribution in [0.5, 0.6) is 0 Å². The third kappa shape index (κ3) is 2.95. The molecular formula is C12H13N4O2S-. The molecule has 0 radical (unpaired) electrons. The summed E-state index contributed by atoms with van der Waals surface area (Å²) in [6.07, 6.45) is 0. The normalized spacial score (nSPS) is 12.1. The van der Waals surface area contributed by atoms with E-state index in [4.69, 9.17) is 17.2 Å². The van der Waals surface area contributed by atoms with Gasteiger partial charge in [-0.15, -0.1) is 0 Å². The summed E-state index contributed by atoms with van der Waals surface area (Å²) >= 11 is -2.30. The van der Waals surface area contributed by atoms with E-state index >= 15 is 0 Å². The molecule has 0 saturated carbocycles. The van der Waals surface area contributed by atoms with Crippen LogP contribution in [0, 0.1) is 0 Å². The summed E-state index contributed by atoms with van der Waals surface area (Å²) in [6, 6.07) is 9.54. The van der Waals surface area contributed by atoms with E-state index in [1.165, 1.54) is 12.1 Å². The van der Waals surface area contributed by atoms with Crippen LogP contribution in [0.3, 0.4) is 0 Å². The smallest absolute Gasteiger partial charge is 0.0618 e. The molecule has 0 aromatic heterocycles. The number of hydrogen-bond donors (Lipinski definition) is 4. The summed E-state index contributed by atoms with van der Waals surface area (Å²) in [6.45, 7) is 0. The fourth-order valence-electron chi connectivity index (χ4n) is 1.57. The average Bonchev–Trinajstić information content (AvgIpc) is 2.36. The van der Waals surface area contributed by atoms with Crippen molar-refractivity contribution in [3.63, 3.8) is 0 Å². The van der Waals surface area contributed by atoms with Crippen LogP contribution in [0.2, 0.25) is 0 Å². The third-order valence-corrected chi connectivity index (χ3v) is 3.22. The second kappa shape index (κ2) is 5.17. The van der Waals surface area contributed by atoms with Crippen LogP contribution >= 0.6 is 0 Å². The molecule has 7 heteroatoms. The van der Waals surface area contributed by atoms with E-state index in [9.17, 15) is 8.76 Å². The van der Waals surface area contributed by atoms with Gasteiger partial charge in [0.25, 0.3) is 0 Å². The fourth-order valence-corrected chi connectivity index (χ4v) is 1.97. The van der Waals surface area contributed by atoms with Gasteiger partial charge >= 0.3 is 0 Å². The van der Waals surface area contributed by atoms with Crippen LogP contribution < -0.4 is 22.5 Å². The standard InChI is InChI=1S/C12H14N4O2S/c13-9-3-1-7(5-10(9)14)16-12-4-2-8(19(17)18)6-11(12)15/h1-6,16H,13-15H2,(H,17,18)/p-1. The van der Waals surface area contributed by atoms with E-state index in [1.807, 2.05) is 0 Å². The molecule has 0 fully saturated rings. The molecule has 100 valence electrons. The van der Waals surface area contributed by atoms with Crippen molar-refractivity contribution in [1.82, 2.24) is 0 Å². The number of anilines is 5. The molecule has 0 aliphatic heterocycles. The highest BCUT2D eigenvalue weighted by Gasteiger charge is 2.03. The number of nitrogens with two attached hydrogens (primary N) is 3. The monoisotopic (exact) mass is 277 g/mol. The number of benzene rings is 2. The van der Waals surface area contributed by atoms with E-state index in [-0.39, 0.29) is 4.90 Å². The minimum absolute atomic E-state index is 0.139. The Balaban J connectivity index is 2.28. The lowest BCUT2D eigenvalue weighted by Gasteiger charge is -2.13. The Morgan fingerprint density at radius 1 is 0.947 bits per heavy atom. The van der Waals surface area contributed by atoms with Crippen molar-refractivity contribution >= 4 is 39.5 Å². The maximum Gasteiger partial charge on any atom is 0.0618 e. The second-order valence-corrected chi connectivity index (χ2v) is 4.89. The topological polar surface area (TPSA) is 130 Å². The Bertz CT molecular complexity index is 646. The maximum atomic E-state index is 10.8. The van der Waals surface area contributed by atoms with Gasteiger partial charge in [0.2, 0.25) is 0 Å². The lowest BCUT2D eigenvalue weighted by molar-refractivity contribution is 0.537. The number of nitrogen functional groups attached to an aromatic ring is 3. The number of rotatable bonds is 3. The first-order valence-corrected chi connectivity index (χ1v) is 6.45. The summed E-state index contributed by atoms with van der Waals surface area (Å²) in [5.74, 6) is 0. The van der Waals surface area contributed by atoms with Gasteiger partial charge in [0, 0.05) is 10.6 Å². The average molecular weight is 277 g/mol. The molecule has 0 saturated heterocycles. The van der Waals surface area contributed by atoms with Crippen molar-refractivity contribution in [2.75, 3.05) is 22.5 Å². The molecule has 19 heavy (non-hydrogen) atoms.